The standard InChI is InChI=1S/C18H19NO3/c1-18(2,3)12-7-9-13(10-8-12)19-17(20)14-5-4-6-15-16(14)22-11-21-15/h4-10H,11H2,1-3H3,(H,19,20). The Bertz CT molecular complexity index is 699. The summed E-state index contributed by atoms with van der Waals surface area (Å²) in [6.45, 7) is 6.63. The second kappa shape index (κ2) is 5.37. The number of carbonyl (C=O) groups excluding carboxylic acids is 1. The minimum Gasteiger partial charge on any atom is -0.454 e. The van der Waals surface area contributed by atoms with E-state index in [1.807, 2.05) is 24.3 Å². The maximum Gasteiger partial charge on any atom is 0.259 e. The molecule has 4 nitrogen and oxygen atoms in total. The zero-order valence-corrected chi connectivity index (χ0v) is 13.0. The van der Waals surface area contributed by atoms with Gasteiger partial charge in [0, 0.05) is 5.69 Å². The van der Waals surface area contributed by atoms with Crippen molar-refractivity contribution >= 4 is 11.6 Å². The summed E-state index contributed by atoms with van der Waals surface area (Å²) in [5.41, 5.74) is 2.56. The predicted octanol–water partition coefficient (Wildman–Crippen LogP) is 3.97. The van der Waals surface area contributed by atoms with Crippen LogP contribution in [0.5, 0.6) is 11.5 Å². The van der Waals surface area contributed by atoms with Gasteiger partial charge in [0.05, 0.1) is 5.56 Å². The first-order chi connectivity index (χ1) is 10.4. The molecule has 0 atom stereocenters. The van der Waals surface area contributed by atoms with Gasteiger partial charge < -0.3 is 14.8 Å². The highest BCUT2D eigenvalue weighted by atomic mass is 16.7. The summed E-state index contributed by atoms with van der Waals surface area (Å²) >= 11 is 0. The van der Waals surface area contributed by atoms with Crippen molar-refractivity contribution in [3.05, 3.63) is 53.6 Å². The number of para-hydroxylation sites is 1. The molecule has 0 aliphatic carbocycles. The van der Waals surface area contributed by atoms with Crippen LogP contribution in [-0.4, -0.2) is 12.7 Å². The van der Waals surface area contributed by atoms with E-state index in [1.54, 1.807) is 18.2 Å². The molecule has 0 saturated heterocycles. The van der Waals surface area contributed by atoms with Gasteiger partial charge in [0.15, 0.2) is 11.5 Å². The minimum absolute atomic E-state index is 0.0912. The highest BCUT2D eigenvalue weighted by molar-refractivity contribution is 6.06. The molecular formula is C18H19NO3. The largest absolute Gasteiger partial charge is 0.454 e. The first-order valence-electron chi connectivity index (χ1n) is 7.26. The molecule has 0 radical (unpaired) electrons. The van der Waals surface area contributed by atoms with E-state index < -0.39 is 0 Å². The van der Waals surface area contributed by atoms with Gasteiger partial charge in [-0.25, -0.2) is 0 Å². The van der Waals surface area contributed by atoms with E-state index >= 15 is 0 Å². The highest BCUT2D eigenvalue weighted by Gasteiger charge is 2.22. The van der Waals surface area contributed by atoms with Crippen molar-refractivity contribution in [2.75, 3.05) is 12.1 Å². The number of hydrogen-bond acceptors (Lipinski definition) is 3. The van der Waals surface area contributed by atoms with Crippen LogP contribution in [-0.2, 0) is 5.41 Å². The van der Waals surface area contributed by atoms with Crippen LogP contribution < -0.4 is 14.8 Å². The first kappa shape index (κ1) is 14.4. The fourth-order valence-electron chi connectivity index (χ4n) is 2.36. The number of benzene rings is 2. The zero-order chi connectivity index (χ0) is 15.7. The van der Waals surface area contributed by atoms with Crippen LogP contribution in [0.1, 0.15) is 36.7 Å². The highest BCUT2D eigenvalue weighted by Crippen LogP contribution is 2.35. The van der Waals surface area contributed by atoms with E-state index in [1.165, 1.54) is 5.56 Å². The van der Waals surface area contributed by atoms with E-state index in [4.69, 9.17) is 9.47 Å². The molecule has 1 amide bonds. The summed E-state index contributed by atoms with van der Waals surface area (Å²) in [4.78, 5) is 12.4. The Morgan fingerprint density at radius 3 is 2.45 bits per heavy atom. The third-order valence-corrected chi connectivity index (χ3v) is 3.65. The lowest BCUT2D eigenvalue weighted by Gasteiger charge is -2.19. The molecule has 4 heteroatoms. The zero-order valence-electron chi connectivity index (χ0n) is 13.0. The minimum atomic E-state index is -0.203. The van der Waals surface area contributed by atoms with Crippen molar-refractivity contribution in [1.29, 1.82) is 0 Å². The number of carbonyl (C=O) groups is 1. The van der Waals surface area contributed by atoms with Crippen molar-refractivity contribution in [1.82, 2.24) is 0 Å². The molecule has 22 heavy (non-hydrogen) atoms. The molecule has 0 saturated carbocycles. The maximum absolute atomic E-state index is 12.4. The third kappa shape index (κ3) is 2.77. The molecule has 2 aromatic carbocycles. The molecule has 0 bridgehead atoms. The van der Waals surface area contributed by atoms with Gasteiger partial charge in [-0.3, -0.25) is 4.79 Å². The second-order valence-corrected chi connectivity index (χ2v) is 6.32. The van der Waals surface area contributed by atoms with Gasteiger partial charge in [0.1, 0.15) is 0 Å². The topological polar surface area (TPSA) is 47.6 Å². The monoisotopic (exact) mass is 297 g/mol. The van der Waals surface area contributed by atoms with Crippen LogP contribution in [0.15, 0.2) is 42.5 Å². The predicted molar refractivity (Wildman–Crippen MR) is 85.7 cm³/mol. The van der Waals surface area contributed by atoms with Crippen molar-refractivity contribution in [3.63, 3.8) is 0 Å². The molecule has 1 aliphatic heterocycles. The molecule has 1 aliphatic rings. The van der Waals surface area contributed by atoms with Crippen LogP contribution in [0.4, 0.5) is 5.69 Å². The van der Waals surface area contributed by atoms with Crippen molar-refractivity contribution in [3.8, 4) is 11.5 Å². The molecule has 3 rings (SSSR count). The van der Waals surface area contributed by atoms with Gasteiger partial charge >= 0.3 is 0 Å². The molecule has 1 heterocycles. The molecule has 0 fully saturated rings. The second-order valence-electron chi connectivity index (χ2n) is 6.32. The molecule has 0 spiro atoms. The summed E-state index contributed by atoms with van der Waals surface area (Å²) in [5, 5.41) is 2.89. The van der Waals surface area contributed by atoms with Crippen molar-refractivity contribution in [2.45, 2.75) is 26.2 Å². The Hall–Kier alpha value is -2.49. The lowest BCUT2D eigenvalue weighted by Crippen LogP contribution is -2.14. The number of fused-ring (bicyclic) bond motifs is 1. The fraction of sp³-hybridized carbons (Fsp3) is 0.278. The van der Waals surface area contributed by atoms with E-state index in [0.717, 1.165) is 5.69 Å². The van der Waals surface area contributed by atoms with Crippen LogP contribution >= 0.6 is 0 Å². The summed E-state index contributed by atoms with van der Waals surface area (Å²) in [5.74, 6) is 0.910. The molecule has 1 N–H and O–H groups in total. The summed E-state index contributed by atoms with van der Waals surface area (Å²) in [6.07, 6.45) is 0. The fourth-order valence-corrected chi connectivity index (χ4v) is 2.36. The molecule has 0 unspecified atom stereocenters. The lowest BCUT2D eigenvalue weighted by molar-refractivity contribution is 0.102. The summed E-state index contributed by atoms with van der Waals surface area (Å²) in [6, 6.07) is 13.2. The van der Waals surface area contributed by atoms with Crippen LogP contribution in [0.25, 0.3) is 0 Å². The SMILES string of the molecule is CC(C)(C)c1ccc(NC(=O)c2cccc3c2OCO3)cc1. The first-order valence-corrected chi connectivity index (χ1v) is 7.26. The van der Waals surface area contributed by atoms with Gasteiger partial charge in [0.2, 0.25) is 6.79 Å². The number of anilines is 1. The Kier molecular flexibility index (Phi) is 3.53. The average Bonchev–Trinajstić information content (AvgIpc) is 2.95. The molecule has 114 valence electrons. The van der Waals surface area contributed by atoms with E-state index in [-0.39, 0.29) is 18.1 Å². The number of rotatable bonds is 2. The van der Waals surface area contributed by atoms with E-state index in [9.17, 15) is 4.79 Å². The van der Waals surface area contributed by atoms with Crippen molar-refractivity contribution in [2.24, 2.45) is 0 Å². The molecule has 2 aromatic rings. The van der Waals surface area contributed by atoms with Crippen LogP contribution in [0.2, 0.25) is 0 Å². The van der Waals surface area contributed by atoms with Gasteiger partial charge in [-0.1, -0.05) is 39.0 Å². The number of amides is 1. The smallest absolute Gasteiger partial charge is 0.259 e. The lowest BCUT2D eigenvalue weighted by atomic mass is 9.87. The van der Waals surface area contributed by atoms with Gasteiger partial charge in [0.25, 0.3) is 5.91 Å². The Morgan fingerprint density at radius 2 is 1.77 bits per heavy atom. The Labute approximate surface area is 130 Å². The van der Waals surface area contributed by atoms with Crippen molar-refractivity contribution < 1.29 is 14.3 Å². The number of ether oxygens (including phenoxy) is 2. The summed E-state index contributed by atoms with van der Waals surface area (Å²) < 4.78 is 10.7. The number of hydrogen-bond donors (Lipinski definition) is 1. The van der Waals surface area contributed by atoms with Crippen LogP contribution in [0, 0.1) is 0 Å². The summed E-state index contributed by atoms with van der Waals surface area (Å²) in [7, 11) is 0. The average molecular weight is 297 g/mol. The van der Waals surface area contributed by atoms with Crippen LogP contribution in [0.3, 0.4) is 0 Å². The molecule has 0 aromatic heterocycles. The normalized spacial score (nSPS) is 13.0. The van der Waals surface area contributed by atoms with E-state index in [0.29, 0.717) is 17.1 Å². The third-order valence-electron chi connectivity index (χ3n) is 3.65. The van der Waals surface area contributed by atoms with E-state index in [2.05, 4.69) is 26.1 Å². The number of nitrogens with one attached hydrogen (secondary N) is 1. The Morgan fingerprint density at radius 1 is 1.05 bits per heavy atom. The molecular weight excluding hydrogens is 278 g/mol. The Balaban J connectivity index is 1.79. The van der Waals surface area contributed by atoms with Gasteiger partial charge in [-0.15, -0.1) is 0 Å². The van der Waals surface area contributed by atoms with Gasteiger partial charge in [-0.2, -0.15) is 0 Å². The van der Waals surface area contributed by atoms with Gasteiger partial charge in [-0.05, 0) is 35.2 Å². The maximum atomic E-state index is 12.4. The quantitative estimate of drug-likeness (QED) is 0.912.